The van der Waals surface area contributed by atoms with E-state index in [9.17, 15) is 14.4 Å². The molecular formula is C12H11BrO5. The minimum atomic E-state index is -1.05. The van der Waals surface area contributed by atoms with Crippen LogP contribution in [0.3, 0.4) is 0 Å². The van der Waals surface area contributed by atoms with Crippen LogP contribution in [0.4, 0.5) is 0 Å². The van der Waals surface area contributed by atoms with Gasteiger partial charge in [0.05, 0.1) is 0 Å². The Morgan fingerprint density at radius 3 is 2.39 bits per heavy atom. The molecule has 0 aliphatic heterocycles. The van der Waals surface area contributed by atoms with Crippen LogP contribution >= 0.6 is 15.9 Å². The summed E-state index contributed by atoms with van der Waals surface area (Å²) in [5.41, 5.74) is 0.275. The average molecular weight is 315 g/mol. The number of esters is 2. The number of ketones is 1. The van der Waals surface area contributed by atoms with Crippen LogP contribution in [0.15, 0.2) is 24.3 Å². The Kier molecular flexibility index (Phi) is 5.03. The molecule has 0 saturated heterocycles. The van der Waals surface area contributed by atoms with E-state index in [1.807, 2.05) is 0 Å². The van der Waals surface area contributed by atoms with E-state index < -0.39 is 22.7 Å². The van der Waals surface area contributed by atoms with Crippen LogP contribution in [0.5, 0.6) is 5.75 Å². The van der Waals surface area contributed by atoms with Crippen LogP contribution < -0.4 is 4.74 Å². The number of carbonyl (C=O) groups excluding carboxylic acids is 3. The van der Waals surface area contributed by atoms with Crippen LogP contribution in [0.1, 0.15) is 24.2 Å². The summed E-state index contributed by atoms with van der Waals surface area (Å²) < 4.78 is 9.56. The van der Waals surface area contributed by atoms with Gasteiger partial charge in [-0.3, -0.25) is 14.4 Å². The highest BCUT2D eigenvalue weighted by Gasteiger charge is 2.20. The van der Waals surface area contributed by atoms with Crippen molar-refractivity contribution in [3.05, 3.63) is 29.8 Å². The Labute approximate surface area is 112 Å². The zero-order valence-electron chi connectivity index (χ0n) is 9.81. The van der Waals surface area contributed by atoms with E-state index in [1.165, 1.54) is 26.0 Å². The number of ether oxygens (including phenoxy) is 2. The van der Waals surface area contributed by atoms with Crippen molar-refractivity contribution in [2.24, 2.45) is 0 Å². The molecule has 96 valence electrons. The molecule has 1 rings (SSSR count). The van der Waals surface area contributed by atoms with Crippen LogP contribution in [-0.4, -0.2) is 22.7 Å². The predicted molar refractivity (Wildman–Crippen MR) is 66.6 cm³/mol. The van der Waals surface area contributed by atoms with Gasteiger partial charge in [0, 0.05) is 19.4 Å². The Morgan fingerprint density at radius 1 is 1.17 bits per heavy atom. The molecule has 0 fully saturated rings. The molecule has 0 radical (unpaired) electrons. The Balaban J connectivity index is 2.85. The lowest BCUT2D eigenvalue weighted by Crippen LogP contribution is -2.20. The number of alkyl halides is 1. The van der Waals surface area contributed by atoms with Gasteiger partial charge >= 0.3 is 11.9 Å². The van der Waals surface area contributed by atoms with Crippen molar-refractivity contribution >= 4 is 33.7 Å². The Morgan fingerprint density at radius 2 is 1.83 bits per heavy atom. The molecule has 0 saturated carbocycles. The first-order valence-electron chi connectivity index (χ1n) is 5.04. The third-order valence-corrected chi connectivity index (χ3v) is 2.46. The quantitative estimate of drug-likeness (QED) is 0.368. The van der Waals surface area contributed by atoms with Crippen molar-refractivity contribution in [1.29, 1.82) is 0 Å². The molecule has 0 spiro atoms. The number of halogens is 1. The van der Waals surface area contributed by atoms with Crippen LogP contribution in [-0.2, 0) is 14.3 Å². The maximum Gasteiger partial charge on any atom is 0.308 e. The largest absolute Gasteiger partial charge is 0.442 e. The van der Waals surface area contributed by atoms with Gasteiger partial charge < -0.3 is 9.47 Å². The first-order valence-corrected chi connectivity index (χ1v) is 5.95. The zero-order chi connectivity index (χ0) is 13.7. The third-order valence-electron chi connectivity index (χ3n) is 1.86. The lowest BCUT2D eigenvalue weighted by atomic mass is 10.1. The minimum absolute atomic E-state index is 0.260. The van der Waals surface area contributed by atoms with Gasteiger partial charge in [0.1, 0.15) is 5.75 Å². The molecule has 5 nitrogen and oxygen atoms in total. The fourth-order valence-corrected chi connectivity index (χ4v) is 1.74. The summed E-state index contributed by atoms with van der Waals surface area (Å²) in [5, 5.41) is -1.05. The fourth-order valence-electron chi connectivity index (χ4n) is 1.21. The van der Waals surface area contributed by atoms with E-state index in [-0.39, 0.29) is 11.3 Å². The highest BCUT2D eigenvalue weighted by molar-refractivity contribution is 9.09. The normalized spacial score (nSPS) is 11.5. The van der Waals surface area contributed by atoms with Gasteiger partial charge in [-0.15, -0.1) is 0 Å². The number of hydrogen-bond donors (Lipinski definition) is 0. The highest BCUT2D eigenvalue weighted by atomic mass is 79.9. The Hall–Kier alpha value is -1.69. The number of hydrogen-bond acceptors (Lipinski definition) is 5. The maximum absolute atomic E-state index is 11.9. The predicted octanol–water partition coefficient (Wildman–Crippen LogP) is 2.08. The second kappa shape index (κ2) is 6.30. The highest BCUT2D eigenvalue weighted by Crippen LogP contribution is 2.18. The van der Waals surface area contributed by atoms with Crippen LogP contribution in [0, 0.1) is 0 Å². The molecule has 0 aliphatic carbocycles. The Bertz CT molecular complexity index is 483. The summed E-state index contributed by atoms with van der Waals surface area (Å²) in [6, 6.07) is 6.06. The van der Waals surface area contributed by atoms with Gasteiger partial charge in [-0.2, -0.15) is 0 Å². The number of benzene rings is 1. The summed E-state index contributed by atoms with van der Waals surface area (Å²) in [5.74, 6) is -1.22. The first-order chi connectivity index (χ1) is 8.40. The topological polar surface area (TPSA) is 69.7 Å². The van der Waals surface area contributed by atoms with Gasteiger partial charge in [-0.1, -0.05) is 12.1 Å². The first kappa shape index (κ1) is 14.4. The van der Waals surface area contributed by atoms with Crippen LogP contribution in [0.25, 0.3) is 0 Å². The van der Waals surface area contributed by atoms with E-state index in [0.29, 0.717) is 0 Å². The molecule has 0 N–H and O–H groups in total. The molecule has 1 unspecified atom stereocenters. The van der Waals surface area contributed by atoms with E-state index in [0.717, 1.165) is 0 Å². The lowest BCUT2D eigenvalue weighted by molar-refractivity contribution is -0.140. The third kappa shape index (κ3) is 4.29. The van der Waals surface area contributed by atoms with E-state index in [1.54, 1.807) is 12.1 Å². The molecule has 1 atom stereocenters. The number of rotatable bonds is 4. The summed E-state index contributed by atoms with van der Waals surface area (Å²) in [7, 11) is 0. The van der Waals surface area contributed by atoms with Crippen molar-refractivity contribution in [2.45, 2.75) is 18.9 Å². The summed E-state index contributed by atoms with van der Waals surface area (Å²) in [6.45, 7) is 2.47. The van der Waals surface area contributed by atoms with Crippen molar-refractivity contribution in [1.82, 2.24) is 0 Å². The average Bonchev–Trinajstić information content (AvgIpc) is 2.26. The summed E-state index contributed by atoms with van der Waals surface area (Å²) in [6.07, 6.45) is 0. The number of Topliss-reactive ketones (excluding diaryl/α,β-unsaturated/α-hetero) is 1. The van der Waals surface area contributed by atoms with Crippen LogP contribution in [0.2, 0.25) is 0 Å². The molecule has 0 aromatic heterocycles. The minimum Gasteiger partial charge on any atom is -0.442 e. The summed E-state index contributed by atoms with van der Waals surface area (Å²) >= 11 is 2.96. The van der Waals surface area contributed by atoms with E-state index in [4.69, 9.17) is 9.47 Å². The molecule has 0 amide bonds. The molecule has 1 aromatic carbocycles. The maximum atomic E-state index is 11.9. The molecule has 0 aliphatic rings. The molecule has 6 heteroatoms. The van der Waals surface area contributed by atoms with Gasteiger partial charge in [0.15, 0.2) is 0 Å². The smallest absolute Gasteiger partial charge is 0.308 e. The second-order valence-electron chi connectivity index (χ2n) is 3.41. The molecule has 0 bridgehead atoms. The van der Waals surface area contributed by atoms with Gasteiger partial charge in [0.2, 0.25) is 10.8 Å². The van der Waals surface area contributed by atoms with Gasteiger partial charge in [0.25, 0.3) is 0 Å². The van der Waals surface area contributed by atoms with Crippen molar-refractivity contribution in [2.75, 3.05) is 0 Å². The zero-order valence-corrected chi connectivity index (χ0v) is 11.4. The van der Waals surface area contributed by atoms with Gasteiger partial charge in [-0.25, -0.2) is 0 Å². The van der Waals surface area contributed by atoms with Gasteiger partial charge in [-0.05, 0) is 28.1 Å². The molecular weight excluding hydrogens is 304 g/mol. The SMILES string of the molecule is CC(=O)Oc1cccc(C(=O)C(Br)OC(C)=O)c1. The monoisotopic (exact) mass is 314 g/mol. The molecule has 1 aromatic rings. The second-order valence-corrected chi connectivity index (χ2v) is 4.24. The number of carbonyl (C=O) groups is 3. The van der Waals surface area contributed by atoms with Crippen molar-refractivity contribution < 1.29 is 23.9 Å². The van der Waals surface area contributed by atoms with Crippen molar-refractivity contribution in [3.8, 4) is 5.75 Å². The molecule has 0 heterocycles. The summed E-state index contributed by atoms with van der Waals surface area (Å²) in [4.78, 5) is 33.4. The lowest BCUT2D eigenvalue weighted by Gasteiger charge is -2.09. The van der Waals surface area contributed by atoms with E-state index >= 15 is 0 Å². The standard InChI is InChI=1S/C12H11BrO5/c1-7(14)17-10-5-3-4-9(6-10)11(16)12(13)18-8(2)15/h3-6,12H,1-2H3. The van der Waals surface area contributed by atoms with E-state index in [2.05, 4.69) is 15.9 Å². The van der Waals surface area contributed by atoms with Crippen molar-refractivity contribution in [3.63, 3.8) is 0 Å². The molecule has 18 heavy (non-hydrogen) atoms. The fraction of sp³-hybridized carbons (Fsp3) is 0.250.